The van der Waals surface area contributed by atoms with Gasteiger partial charge in [-0.05, 0) is 36.4 Å². The van der Waals surface area contributed by atoms with Crippen LogP contribution >= 0.6 is 0 Å². The van der Waals surface area contributed by atoms with E-state index in [-0.39, 0.29) is 12.7 Å². The molecule has 1 amide bonds. The minimum atomic E-state index is -0.235. The Kier molecular flexibility index (Phi) is 4.19. The summed E-state index contributed by atoms with van der Waals surface area (Å²) in [4.78, 5) is 14.9. The Morgan fingerprint density at radius 3 is 2.54 bits per heavy atom. The third kappa shape index (κ3) is 2.95. The minimum Gasteiger partial charge on any atom is -0.454 e. The van der Waals surface area contributed by atoms with Gasteiger partial charge in [0.05, 0.1) is 16.9 Å². The topological polar surface area (TPSA) is 50.8 Å². The molecule has 1 aliphatic heterocycles. The van der Waals surface area contributed by atoms with Crippen LogP contribution in [0.15, 0.2) is 72.8 Å². The summed E-state index contributed by atoms with van der Waals surface area (Å²) in [6, 6.07) is 23.0. The monoisotopic (exact) mass is 346 g/mol. The number of hydrogen-bond acceptors (Lipinski definition) is 4. The van der Waals surface area contributed by atoms with Gasteiger partial charge >= 0.3 is 0 Å². The second kappa shape index (κ2) is 6.80. The molecule has 0 aromatic heterocycles. The van der Waals surface area contributed by atoms with E-state index in [0.717, 1.165) is 17.1 Å². The zero-order valence-corrected chi connectivity index (χ0v) is 14.3. The van der Waals surface area contributed by atoms with Crippen LogP contribution in [-0.2, 0) is 0 Å². The molecule has 0 saturated heterocycles. The van der Waals surface area contributed by atoms with E-state index in [1.807, 2.05) is 66.5 Å². The molecule has 0 atom stereocenters. The fourth-order valence-electron chi connectivity index (χ4n) is 2.96. The van der Waals surface area contributed by atoms with Crippen molar-refractivity contribution in [3.63, 3.8) is 0 Å². The van der Waals surface area contributed by atoms with E-state index in [2.05, 4.69) is 5.32 Å². The van der Waals surface area contributed by atoms with Crippen molar-refractivity contribution in [3.8, 4) is 11.5 Å². The highest BCUT2D eigenvalue weighted by Crippen LogP contribution is 2.36. The molecule has 3 aromatic carbocycles. The molecule has 0 saturated carbocycles. The molecule has 5 heteroatoms. The van der Waals surface area contributed by atoms with Gasteiger partial charge in [0.25, 0.3) is 5.91 Å². The van der Waals surface area contributed by atoms with Crippen molar-refractivity contribution in [2.24, 2.45) is 0 Å². The van der Waals surface area contributed by atoms with Gasteiger partial charge in [0.15, 0.2) is 11.5 Å². The van der Waals surface area contributed by atoms with E-state index in [1.165, 1.54) is 0 Å². The van der Waals surface area contributed by atoms with E-state index in [0.29, 0.717) is 17.1 Å². The molecular formula is C21H18N2O3. The van der Waals surface area contributed by atoms with Gasteiger partial charge in [0.1, 0.15) is 0 Å². The third-order valence-corrected chi connectivity index (χ3v) is 4.30. The van der Waals surface area contributed by atoms with Crippen LogP contribution in [0, 0.1) is 0 Å². The van der Waals surface area contributed by atoms with Gasteiger partial charge in [-0.15, -0.1) is 0 Å². The summed E-state index contributed by atoms with van der Waals surface area (Å²) < 4.78 is 10.8. The quantitative estimate of drug-likeness (QED) is 0.759. The standard InChI is InChI=1S/C21H18N2O3/c1-23(15-8-3-2-4-9-15)18-12-6-5-11-17(18)22-21(24)16-10-7-13-19-20(16)26-14-25-19/h2-13H,14H2,1H3,(H,22,24). The van der Waals surface area contributed by atoms with Gasteiger partial charge in [-0.25, -0.2) is 0 Å². The fraction of sp³-hybridized carbons (Fsp3) is 0.0952. The van der Waals surface area contributed by atoms with Gasteiger partial charge in [-0.3, -0.25) is 4.79 Å². The maximum absolute atomic E-state index is 12.8. The first-order valence-electron chi connectivity index (χ1n) is 8.32. The van der Waals surface area contributed by atoms with E-state index >= 15 is 0 Å². The van der Waals surface area contributed by atoms with Crippen molar-refractivity contribution < 1.29 is 14.3 Å². The second-order valence-corrected chi connectivity index (χ2v) is 5.91. The van der Waals surface area contributed by atoms with Gasteiger partial charge in [-0.2, -0.15) is 0 Å². The zero-order chi connectivity index (χ0) is 17.9. The Hall–Kier alpha value is -3.47. The number of benzene rings is 3. The van der Waals surface area contributed by atoms with Crippen molar-refractivity contribution in [3.05, 3.63) is 78.4 Å². The van der Waals surface area contributed by atoms with E-state index < -0.39 is 0 Å². The molecule has 1 N–H and O–H groups in total. The fourth-order valence-corrected chi connectivity index (χ4v) is 2.96. The number of nitrogens with one attached hydrogen (secondary N) is 1. The molecule has 0 fully saturated rings. The van der Waals surface area contributed by atoms with Crippen LogP contribution in [-0.4, -0.2) is 19.7 Å². The maximum Gasteiger partial charge on any atom is 0.259 e. The van der Waals surface area contributed by atoms with Crippen LogP contribution in [0.5, 0.6) is 11.5 Å². The lowest BCUT2D eigenvalue weighted by molar-refractivity contribution is 0.102. The SMILES string of the molecule is CN(c1ccccc1)c1ccccc1NC(=O)c1cccc2c1OCO2. The van der Waals surface area contributed by atoms with Crippen molar-refractivity contribution in [2.45, 2.75) is 0 Å². The highest BCUT2D eigenvalue weighted by Gasteiger charge is 2.22. The number of carbonyl (C=O) groups is 1. The van der Waals surface area contributed by atoms with Crippen LogP contribution in [0.4, 0.5) is 17.1 Å². The number of ether oxygens (including phenoxy) is 2. The number of rotatable bonds is 4. The number of amides is 1. The normalized spacial score (nSPS) is 11.9. The van der Waals surface area contributed by atoms with Crippen LogP contribution in [0.2, 0.25) is 0 Å². The average Bonchev–Trinajstić information content (AvgIpc) is 3.17. The molecule has 130 valence electrons. The van der Waals surface area contributed by atoms with Crippen molar-refractivity contribution in [2.75, 3.05) is 24.1 Å². The molecular weight excluding hydrogens is 328 g/mol. The highest BCUT2D eigenvalue weighted by atomic mass is 16.7. The summed E-state index contributed by atoms with van der Waals surface area (Å²) >= 11 is 0. The van der Waals surface area contributed by atoms with Crippen molar-refractivity contribution >= 4 is 23.0 Å². The minimum absolute atomic E-state index is 0.132. The van der Waals surface area contributed by atoms with Crippen molar-refractivity contribution in [1.82, 2.24) is 0 Å². The molecule has 4 rings (SSSR count). The lowest BCUT2D eigenvalue weighted by atomic mass is 10.1. The largest absolute Gasteiger partial charge is 0.454 e. The molecule has 0 spiro atoms. The summed E-state index contributed by atoms with van der Waals surface area (Å²) in [6.07, 6.45) is 0. The van der Waals surface area contributed by atoms with E-state index in [9.17, 15) is 4.79 Å². The Morgan fingerprint density at radius 1 is 0.923 bits per heavy atom. The first-order chi connectivity index (χ1) is 12.7. The van der Waals surface area contributed by atoms with Crippen LogP contribution in [0.3, 0.4) is 0 Å². The Balaban J connectivity index is 1.64. The van der Waals surface area contributed by atoms with E-state index in [1.54, 1.807) is 18.2 Å². The van der Waals surface area contributed by atoms with Gasteiger partial charge in [0.2, 0.25) is 6.79 Å². The van der Waals surface area contributed by atoms with Gasteiger partial charge in [-0.1, -0.05) is 36.4 Å². The summed E-state index contributed by atoms with van der Waals surface area (Å²) in [7, 11) is 1.97. The smallest absolute Gasteiger partial charge is 0.259 e. The van der Waals surface area contributed by atoms with Gasteiger partial charge in [0, 0.05) is 12.7 Å². The first kappa shape index (κ1) is 16.0. The number of para-hydroxylation sites is 4. The lowest BCUT2D eigenvalue weighted by Gasteiger charge is -2.23. The highest BCUT2D eigenvalue weighted by molar-refractivity contribution is 6.08. The lowest BCUT2D eigenvalue weighted by Crippen LogP contribution is -2.17. The number of fused-ring (bicyclic) bond motifs is 1. The molecule has 0 unspecified atom stereocenters. The maximum atomic E-state index is 12.8. The molecule has 0 aliphatic carbocycles. The van der Waals surface area contributed by atoms with Crippen molar-refractivity contribution in [1.29, 1.82) is 0 Å². The molecule has 0 radical (unpaired) electrons. The predicted octanol–water partition coefficient (Wildman–Crippen LogP) is 4.44. The van der Waals surface area contributed by atoms with Gasteiger partial charge < -0.3 is 19.7 Å². The summed E-state index contributed by atoms with van der Waals surface area (Å²) in [5.74, 6) is 0.840. The van der Waals surface area contributed by atoms with Crippen LogP contribution in [0.1, 0.15) is 10.4 Å². The number of anilines is 3. The average molecular weight is 346 g/mol. The molecule has 5 nitrogen and oxygen atoms in total. The first-order valence-corrected chi connectivity index (χ1v) is 8.32. The number of hydrogen-bond donors (Lipinski definition) is 1. The Labute approximate surface area is 151 Å². The summed E-state index contributed by atoms with van der Waals surface area (Å²) in [5.41, 5.74) is 3.11. The third-order valence-electron chi connectivity index (χ3n) is 4.30. The molecule has 1 aliphatic rings. The zero-order valence-electron chi connectivity index (χ0n) is 14.3. The predicted molar refractivity (Wildman–Crippen MR) is 101 cm³/mol. The number of nitrogens with zero attached hydrogens (tertiary/aromatic N) is 1. The van der Waals surface area contributed by atoms with Crippen LogP contribution < -0.4 is 19.7 Å². The van der Waals surface area contributed by atoms with E-state index in [4.69, 9.17) is 9.47 Å². The summed E-state index contributed by atoms with van der Waals surface area (Å²) in [5, 5.41) is 2.99. The Morgan fingerprint density at radius 2 is 1.69 bits per heavy atom. The molecule has 3 aromatic rings. The summed E-state index contributed by atoms with van der Waals surface area (Å²) in [6.45, 7) is 0.132. The molecule has 0 bridgehead atoms. The van der Waals surface area contributed by atoms with Crippen LogP contribution in [0.25, 0.3) is 0 Å². The Bertz CT molecular complexity index is 941. The number of carbonyl (C=O) groups excluding carboxylic acids is 1. The molecule has 1 heterocycles. The molecule has 26 heavy (non-hydrogen) atoms. The second-order valence-electron chi connectivity index (χ2n) is 5.91.